The molecule has 1 aliphatic rings. The van der Waals surface area contributed by atoms with Gasteiger partial charge >= 0.3 is 6.03 Å². The molecule has 0 radical (unpaired) electrons. The Balaban J connectivity index is 1.91. The fourth-order valence-corrected chi connectivity index (χ4v) is 2.21. The predicted molar refractivity (Wildman–Crippen MR) is 78.3 cm³/mol. The molecule has 1 N–H and O–H groups in total. The summed E-state index contributed by atoms with van der Waals surface area (Å²) in [7, 11) is 1.54. The van der Waals surface area contributed by atoms with E-state index in [1.54, 1.807) is 42.2 Å². The summed E-state index contributed by atoms with van der Waals surface area (Å²) < 4.78 is 4.97. The van der Waals surface area contributed by atoms with E-state index >= 15 is 0 Å². The minimum Gasteiger partial charge on any atom is -0.481 e. The van der Waals surface area contributed by atoms with Crippen LogP contribution in [0.25, 0.3) is 0 Å². The summed E-state index contributed by atoms with van der Waals surface area (Å²) in [6.07, 6.45) is 2.34. The largest absolute Gasteiger partial charge is 0.481 e. The number of hydrogen-bond acceptors (Lipinski definition) is 4. The van der Waals surface area contributed by atoms with E-state index in [1.165, 1.54) is 0 Å². The molecule has 0 aromatic carbocycles. The van der Waals surface area contributed by atoms with E-state index < -0.39 is 0 Å². The third kappa shape index (κ3) is 4.08. The average molecular weight is 292 g/mol. The van der Waals surface area contributed by atoms with Crippen molar-refractivity contribution in [2.45, 2.75) is 13.3 Å². The van der Waals surface area contributed by atoms with Crippen molar-refractivity contribution in [1.82, 2.24) is 14.8 Å². The summed E-state index contributed by atoms with van der Waals surface area (Å²) in [5, 5.41) is 2.80. The molecular weight excluding hydrogens is 272 g/mol. The molecule has 0 atom stereocenters. The molecule has 1 fully saturated rings. The fraction of sp³-hybridized carbons (Fsp3) is 0.500. The molecule has 114 valence electrons. The minimum atomic E-state index is -0.174. The van der Waals surface area contributed by atoms with E-state index in [4.69, 9.17) is 4.74 Å². The van der Waals surface area contributed by atoms with Crippen molar-refractivity contribution in [1.29, 1.82) is 0 Å². The highest BCUT2D eigenvalue weighted by atomic mass is 16.5. The second-order valence-corrected chi connectivity index (χ2v) is 4.87. The number of nitrogens with zero attached hydrogens (tertiary/aromatic N) is 3. The molecule has 2 rings (SSSR count). The second-order valence-electron chi connectivity index (χ2n) is 4.87. The molecular formula is C14H20N4O3. The van der Waals surface area contributed by atoms with Crippen molar-refractivity contribution < 1.29 is 14.3 Å². The third-order valence-electron chi connectivity index (χ3n) is 3.43. The molecule has 1 aromatic heterocycles. The first-order chi connectivity index (χ1) is 10.1. The van der Waals surface area contributed by atoms with Gasteiger partial charge in [0, 0.05) is 39.2 Å². The number of pyridine rings is 1. The van der Waals surface area contributed by atoms with Crippen LogP contribution in [0.2, 0.25) is 0 Å². The molecule has 7 nitrogen and oxygen atoms in total. The van der Waals surface area contributed by atoms with Gasteiger partial charge in [0.25, 0.3) is 0 Å². The van der Waals surface area contributed by atoms with Gasteiger partial charge in [-0.25, -0.2) is 9.78 Å². The predicted octanol–water partition coefficient (Wildman–Crippen LogP) is 1.18. The van der Waals surface area contributed by atoms with Crippen LogP contribution in [0, 0.1) is 0 Å². The zero-order valence-corrected chi connectivity index (χ0v) is 12.3. The minimum absolute atomic E-state index is 0.0524. The number of carbonyl (C=O) groups excluding carboxylic acids is 2. The van der Waals surface area contributed by atoms with Gasteiger partial charge in [-0.2, -0.15) is 0 Å². The Hall–Kier alpha value is -2.31. The number of anilines is 1. The van der Waals surface area contributed by atoms with Gasteiger partial charge in [0.1, 0.15) is 0 Å². The van der Waals surface area contributed by atoms with E-state index in [2.05, 4.69) is 10.3 Å². The van der Waals surface area contributed by atoms with Gasteiger partial charge in [0.2, 0.25) is 11.8 Å². The van der Waals surface area contributed by atoms with E-state index in [9.17, 15) is 9.59 Å². The second kappa shape index (κ2) is 6.92. The lowest BCUT2D eigenvalue weighted by atomic mass is 10.4. The van der Waals surface area contributed by atoms with Gasteiger partial charge in [0.15, 0.2) is 0 Å². The summed E-state index contributed by atoms with van der Waals surface area (Å²) >= 11 is 0. The molecule has 1 aliphatic heterocycles. The normalized spacial score (nSPS) is 15.3. The van der Waals surface area contributed by atoms with Crippen LogP contribution in [0.15, 0.2) is 18.3 Å². The number of aromatic nitrogens is 1. The molecule has 1 aromatic rings. The highest BCUT2D eigenvalue weighted by Crippen LogP contribution is 2.12. The quantitative estimate of drug-likeness (QED) is 0.888. The van der Waals surface area contributed by atoms with Gasteiger partial charge in [0.05, 0.1) is 19.0 Å². The summed E-state index contributed by atoms with van der Waals surface area (Å²) in [6, 6.07) is 3.26. The smallest absolute Gasteiger partial charge is 0.321 e. The monoisotopic (exact) mass is 292 g/mol. The number of carbonyl (C=O) groups is 2. The Kier molecular flexibility index (Phi) is 4.97. The first kappa shape index (κ1) is 15.1. The Bertz CT molecular complexity index is 503. The molecule has 0 unspecified atom stereocenters. The van der Waals surface area contributed by atoms with Gasteiger partial charge in [-0.1, -0.05) is 0 Å². The van der Waals surface area contributed by atoms with Gasteiger partial charge in [-0.3, -0.25) is 4.79 Å². The zero-order valence-electron chi connectivity index (χ0n) is 12.3. The maximum Gasteiger partial charge on any atom is 0.321 e. The summed E-state index contributed by atoms with van der Waals surface area (Å²) in [5.41, 5.74) is 0.619. The van der Waals surface area contributed by atoms with Crippen LogP contribution in [-0.2, 0) is 4.79 Å². The number of hydrogen-bond donors (Lipinski definition) is 1. The Morgan fingerprint density at radius 2 is 1.90 bits per heavy atom. The summed E-state index contributed by atoms with van der Waals surface area (Å²) in [6.45, 7) is 4.00. The summed E-state index contributed by atoms with van der Waals surface area (Å²) in [5.74, 6) is 0.552. The van der Waals surface area contributed by atoms with E-state index in [1.807, 2.05) is 0 Å². The number of methoxy groups -OCH3 is 1. The van der Waals surface area contributed by atoms with Gasteiger partial charge < -0.3 is 19.9 Å². The molecule has 0 aliphatic carbocycles. The number of nitrogens with one attached hydrogen (secondary N) is 1. The first-order valence-corrected chi connectivity index (χ1v) is 6.91. The Morgan fingerprint density at radius 1 is 1.19 bits per heavy atom. The van der Waals surface area contributed by atoms with Crippen LogP contribution in [0.5, 0.6) is 5.88 Å². The molecule has 3 amide bonds. The molecule has 21 heavy (non-hydrogen) atoms. The third-order valence-corrected chi connectivity index (χ3v) is 3.43. The van der Waals surface area contributed by atoms with Crippen molar-refractivity contribution in [2.75, 3.05) is 38.6 Å². The molecule has 0 saturated carbocycles. The maximum absolute atomic E-state index is 12.2. The Morgan fingerprint density at radius 3 is 2.52 bits per heavy atom. The van der Waals surface area contributed by atoms with Gasteiger partial charge in [-0.05, 0) is 12.5 Å². The van der Waals surface area contributed by atoms with Crippen LogP contribution in [0.1, 0.15) is 13.3 Å². The lowest BCUT2D eigenvalue weighted by Gasteiger charge is -2.21. The van der Waals surface area contributed by atoms with Crippen LogP contribution >= 0.6 is 0 Å². The molecule has 7 heteroatoms. The SMILES string of the molecule is COc1ccc(NC(=O)N2CCCN(C(C)=O)CC2)cn1. The Labute approximate surface area is 123 Å². The lowest BCUT2D eigenvalue weighted by Crippen LogP contribution is -2.38. The van der Waals surface area contributed by atoms with E-state index in [0.29, 0.717) is 37.7 Å². The fourth-order valence-electron chi connectivity index (χ4n) is 2.21. The standard InChI is InChI=1S/C14H20N4O3/c1-11(19)17-6-3-7-18(9-8-17)14(20)16-12-4-5-13(21-2)15-10-12/h4-5,10H,3,6-9H2,1-2H3,(H,16,20). The van der Waals surface area contributed by atoms with E-state index in [0.717, 1.165) is 6.42 Å². The topological polar surface area (TPSA) is 74.8 Å². The molecule has 0 bridgehead atoms. The number of rotatable bonds is 2. The molecule has 2 heterocycles. The molecule has 1 saturated heterocycles. The highest BCUT2D eigenvalue weighted by Gasteiger charge is 2.20. The van der Waals surface area contributed by atoms with Crippen molar-refractivity contribution in [3.8, 4) is 5.88 Å². The van der Waals surface area contributed by atoms with Crippen LogP contribution in [0.4, 0.5) is 10.5 Å². The highest BCUT2D eigenvalue weighted by molar-refractivity contribution is 5.89. The van der Waals surface area contributed by atoms with Crippen LogP contribution in [0.3, 0.4) is 0 Å². The average Bonchev–Trinajstić information content (AvgIpc) is 2.74. The van der Waals surface area contributed by atoms with Crippen molar-refractivity contribution in [2.24, 2.45) is 0 Å². The number of urea groups is 1. The number of amides is 3. The van der Waals surface area contributed by atoms with Crippen molar-refractivity contribution >= 4 is 17.6 Å². The van der Waals surface area contributed by atoms with E-state index in [-0.39, 0.29) is 11.9 Å². The molecule has 0 spiro atoms. The lowest BCUT2D eigenvalue weighted by molar-refractivity contribution is -0.128. The van der Waals surface area contributed by atoms with Gasteiger partial charge in [-0.15, -0.1) is 0 Å². The first-order valence-electron chi connectivity index (χ1n) is 6.91. The summed E-state index contributed by atoms with van der Waals surface area (Å²) in [4.78, 5) is 31.1. The van der Waals surface area contributed by atoms with Crippen molar-refractivity contribution in [3.63, 3.8) is 0 Å². The zero-order chi connectivity index (χ0) is 15.2. The van der Waals surface area contributed by atoms with Crippen LogP contribution in [-0.4, -0.2) is 60.0 Å². The van der Waals surface area contributed by atoms with Crippen molar-refractivity contribution in [3.05, 3.63) is 18.3 Å². The maximum atomic E-state index is 12.2. The number of ether oxygens (including phenoxy) is 1. The van der Waals surface area contributed by atoms with Crippen LogP contribution < -0.4 is 10.1 Å².